The summed E-state index contributed by atoms with van der Waals surface area (Å²) in [5.74, 6) is -0.330. The second-order valence-corrected chi connectivity index (χ2v) is 3.23. The van der Waals surface area contributed by atoms with Gasteiger partial charge in [-0.25, -0.2) is 0 Å². The third-order valence-corrected chi connectivity index (χ3v) is 1.58. The molecular weight excluding hydrogens is 208 g/mol. The van der Waals surface area contributed by atoms with Crippen LogP contribution in [-0.4, -0.2) is 29.2 Å². The van der Waals surface area contributed by atoms with Crippen LogP contribution in [0.1, 0.15) is 0 Å². The number of halogens is 3. The minimum Gasteiger partial charge on any atom is -0.340 e. The van der Waals surface area contributed by atoms with E-state index in [1.54, 1.807) is 13.1 Å². The number of carbonyl (C=O) groups excluding carboxylic acids is 1. The number of carbonyl (C=O) groups is 1. The smallest absolute Gasteiger partial charge is 0.255 e. The van der Waals surface area contributed by atoms with E-state index >= 15 is 0 Å². The largest absolute Gasteiger partial charge is 0.340 e. The number of amides is 1. The van der Waals surface area contributed by atoms with Gasteiger partial charge in [-0.3, -0.25) is 4.79 Å². The van der Waals surface area contributed by atoms with E-state index in [-0.39, 0.29) is 5.91 Å². The predicted octanol–water partition coefficient (Wildman–Crippen LogP) is 2.00. The van der Waals surface area contributed by atoms with Gasteiger partial charge in [-0.05, 0) is 0 Å². The number of hydrogen-bond acceptors (Lipinski definition) is 1. The van der Waals surface area contributed by atoms with Crippen LogP contribution in [0.2, 0.25) is 0 Å². The minimum absolute atomic E-state index is 0.330. The fourth-order valence-corrected chi connectivity index (χ4v) is 0.867. The molecule has 1 amide bonds. The molecule has 0 aromatic carbocycles. The van der Waals surface area contributed by atoms with E-state index in [0.29, 0.717) is 6.54 Å². The Hall–Kier alpha value is 0.0800. The van der Waals surface area contributed by atoms with Crippen molar-refractivity contribution in [3.8, 4) is 0 Å². The van der Waals surface area contributed by atoms with Gasteiger partial charge in [0.1, 0.15) is 0 Å². The molecule has 5 heteroatoms. The van der Waals surface area contributed by atoms with Crippen molar-refractivity contribution in [1.82, 2.24) is 4.90 Å². The fraction of sp³-hybridized carbons (Fsp3) is 0.500. The molecule has 0 saturated carbocycles. The zero-order valence-electron chi connectivity index (χ0n) is 5.93. The summed E-state index contributed by atoms with van der Waals surface area (Å²) in [5, 5.41) is 0. The molecule has 0 aromatic rings. The van der Waals surface area contributed by atoms with Crippen molar-refractivity contribution in [3.05, 3.63) is 11.6 Å². The fourth-order valence-electron chi connectivity index (χ4n) is 0.455. The molecule has 0 radical (unpaired) electrons. The van der Waals surface area contributed by atoms with E-state index in [9.17, 15) is 4.79 Å². The molecule has 0 spiro atoms. The molecule has 0 aliphatic rings. The zero-order chi connectivity index (χ0) is 8.85. The van der Waals surface area contributed by atoms with Crippen LogP contribution >= 0.6 is 34.8 Å². The maximum atomic E-state index is 10.9. The third-order valence-electron chi connectivity index (χ3n) is 1.03. The van der Waals surface area contributed by atoms with Gasteiger partial charge in [0.25, 0.3) is 5.91 Å². The molecule has 0 aliphatic heterocycles. The van der Waals surface area contributed by atoms with E-state index in [0.717, 1.165) is 0 Å². The van der Waals surface area contributed by atoms with Crippen molar-refractivity contribution in [2.24, 2.45) is 0 Å². The maximum absolute atomic E-state index is 10.9. The van der Waals surface area contributed by atoms with Crippen LogP contribution in [0.3, 0.4) is 0 Å². The summed E-state index contributed by atoms with van der Waals surface area (Å²) in [5.41, 5.74) is 1.33. The van der Waals surface area contributed by atoms with E-state index in [2.05, 4.69) is 0 Å². The van der Waals surface area contributed by atoms with Gasteiger partial charge in [-0.2, -0.15) is 0 Å². The van der Waals surface area contributed by atoms with E-state index in [4.69, 9.17) is 34.8 Å². The highest BCUT2D eigenvalue weighted by atomic mass is 35.5. The van der Waals surface area contributed by atoms with Gasteiger partial charge in [0.15, 0.2) is 4.84 Å². The van der Waals surface area contributed by atoms with Crippen molar-refractivity contribution >= 4 is 40.7 Å². The highest BCUT2D eigenvalue weighted by molar-refractivity contribution is 6.53. The molecule has 0 fully saturated rings. The van der Waals surface area contributed by atoms with E-state index in [1.807, 2.05) is 0 Å². The summed E-state index contributed by atoms with van der Waals surface area (Å²) >= 11 is 15.9. The standard InChI is InChI=1S/C6H8Cl3NO/c1-10(4-2-3-7)6(11)5(8)9/h2-3,5H,4H2,1H3. The summed E-state index contributed by atoms with van der Waals surface area (Å²) < 4.78 is 0. The number of nitrogens with zero attached hydrogens (tertiary/aromatic N) is 1. The van der Waals surface area contributed by atoms with Crippen molar-refractivity contribution in [1.29, 1.82) is 0 Å². The minimum atomic E-state index is -0.997. The van der Waals surface area contributed by atoms with Gasteiger partial charge >= 0.3 is 0 Å². The summed E-state index contributed by atoms with van der Waals surface area (Å²) in [7, 11) is 1.59. The number of alkyl halides is 2. The summed E-state index contributed by atoms with van der Waals surface area (Å²) in [4.78, 5) is 11.3. The first-order valence-electron chi connectivity index (χ1n) is 2.88. The SMILES string of the molecule is CN(CC=CCl)C(=O)C(Cl)Cl. The molecule has 0 atom stereocenters. The first-order valence-corrected chi connectivity index (χ1v) is 4.19. The second kappa shape index (κ2) is 5.70. The van der Waals surface area contributed by atoms with Crippen LogP contribution in [0.25, 0.3) is 0 Å². The molecule has 64 valence electrons. The molecule has 0 rings (SSSR count). The van der Waals surface area contributed by atoms with Crippen molar-refractivity contribution in [2.45, 2.75) is 4.84 Å². The van der Waals surface area contributed by atoms with E-state index < -0.39 is 4.84 Å². The second-order valence-electron chi connectivity index (χ2n) is 1.88. The molecule has 0 heterocycles. The van der Waals surface area contributed by atoms with Gasteiger partial charge in [0, 0.05) is 19.1 Å². The maximum Gasteiger partial charge on any atom is 0.255 e. The Labute approximate surface area is 80.7 Å². The first-order chi connectivity index (χ1) is 5.09. The quantitative estimate of drug-likeness (QED) is 0.661. The van der Waals surface area contributed by atoms with Crippen LogP contribution in [0.15, 0.2) is 11.6 Å². The van der Waals surface area contributed by atoms with Gasteiger partial charge < -0.3 is 4.90 Å². The van der Waals surface area contributed by atoms with E-state index in [1.165, 1.54) is 10.4 Å². The molecule has 0 saturated heterocycles. The Morgan fingerprint density at radius 1 is 1.64 bits per heavy atom. The molecule has 0 aliphatic carbocycles. The Morgan fingerprint density at radius 2 is 2.18 bits per heavy atom. The number of rotatable bonds is 3. The predicted molar refractivity (Wildman–Crippen MR) is 48.1 cm³/mol. The molecule has 2 nitrogen and oxygen atoms in total. The van der Waals surface area contributed by atoms with Crippen LogP contribution in [0, 0.1) is 0 Å². The van der Waals surface area contributed by atoms with Crippen LogP contribution in [0.4, 0.5) is 0 Å². The molecule has 0 aromatic heterocycles. The first kappa shape index (κ1) is 11.1. The number of hydrogen-bond donors (Lipinski definition) is 0. The monoisotopic (exact) mass is 215 g/mol. The van der Waals surface area contributed by atoms with Crippen molar-refractivity contribution in [3.63, 3.8) is 0 Å². The average Bonchev–Trinajstić information content (AvgIpc) is 1.98. The Kier molecular flexibility index (Phi) is 5.74. The Bertz CT molecular complexity index is 158. The molecule has 0 bridgehead atoms. The topological polar surface area (TPSA) is 20.3 Å². The summed E-state index contributed by atoms with van der Waals surface area (Å²) in [6, 6.07) is 0. The van der Waals surface area contributed by atoms with Crippen LogP contribution in [-0.2, 0) is 4.79 Å². The molecule has 0 unspecified atom stereocenters. The average molecular weight is 216 g/mol. The van der Waals surface area contributed by atoms with Gasteiger partial charge in [0.2, 0.25) is 0 Å². The van der Waals surface area contributed by atoms with Crippen molar-refractivity contribution in [2.75, 3.05) is 13.6 Å². The lowest BCUT2D eigenvalue weighted by Gasteiger charge is -2.14. The van der Waals surface area contributed by atoms with Gasteiger partial charge in [-0.15, -0.1) is 0 Å². The molecule has 0 N–H and O–H groups in total. The third kappa shape index (κ3) is 4.51. The van der Waals surface area contributed by atoms with Gasteiger partial charge in [0.05, 0.1) is 0 Å². The lowest BCUT2D eigenvalue weighted by molar-refractivity contribution is -0.127. The normalized spacial score (nSPS) is 11.0. The highest BCUT2D eigenvalue weighted by Crippen LogP contribution is 2.05. The lowest BCUT2D eigenvalue weighted by Crippen LogP contribution is -2.31. The number of likely N-dealkylation sites (N-methyl/N-ethyl adjacent to an activating group) is 1. The van der Waals surface area contributed by atoms with Gasteiger partial charge in [-0.1, -0.05) is 40.9 Å². The molecular formula is C6H8Cl3NO. The highest BCUT2D eigenvalue weighted by Gasteiger charge is 2.14. The van der Waals surface area contributed by atoms with Crippen LogP contribution in [0.5, 0.6) is 0 Å². The lowest BCUT2D eigenvalue weighted by atomic mass is 10.5. The Balaban J connectivity index is 3.83. The summed E-state index contributed by atoms with van der Waals surface area (Å²) in [6.45, 7) is 0.415. The van der Waals surface area contributed by atoms with Crippen LogP contribution < -0.4 is 0 Å². The summed E-state index contributed by atoms with van der Waals surface area (Å²) in [6.07, 6.45) is 1.62. The molecule has 11 heavy (non-hydrogen) atoms. The zero-order valence-corrected chi connectivity index (χ0v) is 8.20. The Morgan fingerprint density at radius 3 is 2.55 bits per heavy atom. The van der Waals surface area contributed by atoms with Crippen molar-refractivity contribution < 1.29 is 4.79 Å².